The molecule has 0 aromatic carbocycles. The van der Waals surface area contributed by atoms with Gasteiger partial charge in [-0.1, -0.05) is 72.3 Å². The number of carbonyl (C=O) groups is 2. The number of allylic oxidation sites excluding steroid dienone is 8. The standard InChI is InChI=1S/C19H13NO2/c1-20-18(21)16(12-10-14-6-2-3-7-14)17(19(20)22)13-11-15-8-4-5-9-15/h2-9,14-15H,1H3. The van der Waals surface area contributed by atoms with Gasteiger partial charge >= 0.3 is 0 Å². The van der Waals surface area contributed by atoms with Crippen LogP contribution in [0.4, 0.5) is 0 Å². The van der Waals surface area contributed by atoms with Gasteiger partial charge in [0.1, 0.15) is 11.1 Å². The Morgan fingerprint density at radius 3 is 1.50 bits per heavy atom. The quantitative estimate of drug-likeness (QED) is 0.503. The van der Waals surface area contributed by atoms with Gasteiger partial charge in [-0.25, -0.2) is 0 Å². The molecule has 0 aromatic heterocycles. The van der Waals surface area contributed by atoms with E-state index in [0.29, 0.717) is 0 Å². The molecule has 0 unspecified atom stereocenters. The summed E-state index contributed by atoms with van der Waals surface area (Å²) >= 11 is 0. The first-order valence-electron chi connectivity index (χ1n) is 6.96. The Morgan fingerprint density at radius 2 is 1.14 bits per heavy atom. The molecular formula is C19H13NO2. The summed E-state index contributed by atoms with van der Waals surface area (Å²) in [7, 11) is 1.45. The van der Waals surface area contributed by atoms with Crippen LogP contribution < -0.4 is 0 Å². The SMILES string of the molecule is CN1C(=O)C(C#CC2C=CC=C2)=C(C#CC2C=CC=C2)C1=O. The van der Waals surface area contributed by atoms with Crippen LogP contribution in [-0.4, -0.2) is 23.8 Å². The van der Waals surface area contributed by atoms with Gasteiger partial charge in [0, 0.05) is 7.05 Å². The lowest BCUT2D eigenvalue weighted by Gasteiger charge is -2.03. The van der Waals surface area contributed by atoms with Gasteiger partial charge < -0.3 is 0 Å². The van der Waals surface area contributed by atoms with Crippen LogP contribution in [-0.2, 0) is 9.59 Å². The normalized spacial score (nSPS) is 20.0. The molecule has 0 saturated carbocycles. The first-order chi connectivity index (χ1) is 10.7. The van der Waals surface area contributed by atoms with Gasteiger partial charge in [0.2, 0.25) is 0 Å². The molecule has 0 fully saturated rings. The highest BCUT2D eigenvalue weighted by Gasteiger charge is 2.34. The molecule has 3 aliphatic rings. The zero-order valence-electron chi connectivity index (χ0n) is 12.0. The summed E-state index contributed by atoms with van der Waals surface area (Å²) in [6, 6.07) is 0. The van der Waals surface area contributed by atoms with Gasteiger partial charge in [0.15, 0.2) is 0 Å². The Bertz CT molecular complexity index is 721. The van der Waals surface area contributed by atoms with E-state index in [9.17, 15) is 9.59 Å². The van der Waals surface area contributed by atoms with Crippen molar-refractivity contribution in [3.8, 4) is 23.7 Å². The highest BCUT2D eigenvalue weighted by atomic mass is 16.2. The highest BCUT2D eigenvalue weighted by Crippen LogP contribution is 2.19. The fraction of sp³-hybridized carbons (Fsp3) is 0.158. The molecule has 2 aliphatic carbocycles. The Balaban J connectivity index is 1.95. The molecule has 106 valence electrons. The lowest BCUT2D eigenvalue weighted by Crippen LogP contribution is -2.26. The minimum atomic E-state index is -0.384. The Labute approximate surface area is 129 Å². The number of imide groups is 1. The summed E-state index contributed by atoms with van der Waals surface area (Å²) in [4.78, 5) is 25.3. The van der Waals surface area contributed by atoms with E-state index in [1.54, 1.807) is 0 Å². The zero-order valence-corrected chi connectivity index (χ0v) is 12.0. The zero-order chi connectivity index (χ0) is 15.5. The molecule has 0 bridgehead atoms. The van der Waals surface area contributed by atoms with Gasteiger partial charge in [-0.3, -0.25) is 14.5 Å². The van der Waals surface area contributed by atoms with E-state index < -0.39 is 0 Å². The third-order valence-electron chi connectivity index (χ3n) is 3.51. The van der Waals surface area contributed by atoms with E-state index in [2.05, 4.69) is 23.7 Å². The minimum absolute atomic E-state index is 0.0174. The van der Waals surface area contributed by atoms with E-state index >= 15 is 0 Å². The maximum absolute atomic E-state index is 12.1. The monoisotopic (exact) mass is 287 g/mol. The average molecular weight is 287 g/mol. The first kappa shape index (κ1) is 13.9. The third-order valence-corrected chi connectivity index (χ3v) is 3.51. The maximum Gasteiger partial charge on any atom is 0.270 e. The lowest BCUT2D eigenvalue weighted by atomic mass is 10.1. The predicted molar refractivity (Wildman–Crippen MR) is 83.9 cm³/mol. The van der Waals surface area contributed by atoms with Crippen molar-refractivity contribution in [2.24, 2.45) is 11.8 Å². The van der Waals surface area contributed by atoms with Crippen LogP contribution in [0.15, 0.2) is 59.8 Å². The van der Waals surface area contributed by atoms with Crippen molar-refractivity contribution in [3.05, 3.63) is 59.8 Å². The lowest BCUT2D eigenvalue weighted by molar-refractivity contribution is -0.135. The molecule has 0 aromatic rings. The number of amides is 2. The third kappa shape index (κ3) is 2.57. The second-order valence-corrected chi connectivity index (χ2v) is 5.05. The maximum atomic E-state index is 12.1. The first-order valence-corrected chi connectivity index (χ1v) is 6.96. The van der Waals surface area contributed by atoms with Gasteiger partial charge in [-0.15, -0.1) is 0 Å². The van der Waals surface area contributed by atoms with Crippen LogP contribution in [0.25, 0.3) is 0 Å². The number of likely N-dealkylation sites (N-methyl/N-ethyl adjacent to an activating group) is 1. The van der Waals surface area contributed by atoms with E-state index in [1.807, 2.05) is 48.6 Å². The van der Waals surface area contributed by atoms with Crippen LogP contribution in [0.5, 0.6) is 0 Å². The molecule has 1 aliphatic heterocycles. The van der Waals surface area contributed by atoms with Gasteiger partial charge in [-0.2, -0.15) is 0 Å². The van der Waals surface area contributed by atoms with E-state index in [4.69, 9.17) is 0 Å². The summed E-state index contributed by atoms with van der Waals surface area (Å²) < 4.78 is 0. The molecule has 3 heteroatoms. The van der Waals surface area contributed by atoms with Crippen molar-refractivity contribution in [1.82, 2.24) is 4.90 Å². The van der Waals surface area contributed by atoms with Crippen molar-refractivity contribution >= 4 is 11.8 Å². The molecule has 2 amide bonds. The Kier molecular flexibility index (Phi) is 3.64. The van der Waals surface area contributed by atoms with Crippen molar-refractivity contribution in [3.63, 3.8) is 0 Å². The van der Waals surface area contributed by atoms with Crippen molar-refractivity contribution in [2.75, 3.05) is 7.05 Å². The highest BCUT2D eigenvalue weighted by molar-refractivity contribution is 6.23. The van der Waals surface area contributed by atoms with Crippen molar-refractivity contribution in [1.29, 1.82) is 0 Å². The molecule has 0 N–H and O–H groups in total. The molecule has 0 atom stereocenters. The molecular weight excluding hydrogens is 274 g/mol. The van der Waals surface area contributed by atoms with Crippen LogP contribution in [0.1, 0.15) is 0 Å². The fourth-order valence-electron chi connectivity index (χ4n) is 2.24. The molecule has 22 heavy (non-hydrogen) atoms. The molecule has 3 rings (SSSR count). The smallest absolute Gasteiger partial charge is 0.270 e. The number of carbonyl (C=O) groups excluding carboxylic acids is 2. The summed E-state index contributed by atoms with van der Waals surface area (Å²) in [5.74, 6) is 10.8. The second kappa shape index (κ2) is 5.76. The van der Waals surface area contributed by atoms with Crippen LogP contribution in [0.2, 0.25) is 0 Å². The minimum Gasteiger partial charge on any atom is -0.276 e. The number of hydrogen-bond acceptors (Lipinski definition) is 2. The van der Waals surface area contributed by atoms with Gasteiger partial charge in [-0.05, 0) is 0 Å². The van der Waals surface area contributed by atoms with Crippen LogP contribution in [0.3, 0.4) is 0 Å². The van der Waals surface area contributed by atoms with E-state index in [0.717, 1.165) is 4.90 Å². The van der Waals surface area contributed by atoms with Gasteiger partial charge in [0.25, 0.3) is 11.8 Å². The summed E-state index contributed by atoms with van der Waals surface area (Å²) in [5.41, 5.74) is 0.388. The Hall–Kier alpha value is -3.04. The molecule has 0 saturated heterocycles. The number of rotatable bonds is 0. The summed E-state index contributed by atoms with van der Waals surface area (Å²) in [5, 5.41) is 0. The molecule has 1 heterocycles. The second-order valence-electron chi connectivity index (χ2n) is 5.05. The summed E-state index contributed by atoms with van der Waals surface area (Å²) in [6.07, 6.45) is 15.3. The number of nitrogens with zero attached hydrogens (tertiary/aromatic N) is 1. The summed E-state index contributed by atoms with van der Waals surface area (Å²) in [6.45, 7) is 0. The van der Waals surface area contributed by atoms with E-state index in [1.165, 1.54) is 7.05 Å². The van der Waals surface area contributed by atoms with E-state index in [-0.39, 0.29) is 34.8 Å². The Morgan fingerprint density at radius 1 is 0.773 bits per heavy atom. The van der Waals surface area contributed by atoms with Crippen molar-refractivity contribution in [2.45, 2.75) is 0 Å². The molecule has 0 radical (unpaired) electrons. The predicted octanol–water partition coefficient (Wildman–Crippen LogP) is 1.77. The largest absolute Gasteiger partial charge is 0.276 e. The van der Waals surface area contributed by atoms with Crippen LogP contribution >= 0.6 is 0 Å². The van der Waals surface area contributed by atoms with Crippen molar-refractivity contribution < 1.29 is 9.59 Å². The van der Waals surface area contributed by atoms with Gasteiger partial charge in [0.05, 0.1) is 11.8 Å². The topological polar surface area (TPSA) is 37.4 Å². The fourth-order valence-corrected chi connectivity index (χ4v) is 2.24. The molecule has 0 spiro atoms. The van der Waals surface area contributed by atoms with Crippen LogP contribution in [0, 0.1) is 35.5 Å². The molecule has 3 nitrogen and oxygen atoms in total. The average Bonchev–Trinajstić information content (AvgIpc) is 3.24. The number of hydrogen-bond donors (Lipinski definition) is 0.